The lowest BCUT2D eigenvalue weighted by molar-refractivity contribution is -0.203. The normalized spacial score (nSPS) is 28.8. The van der Waals surface area contributed by atoms with Gasteiger partial charge in [0.25, 0.3) is 11.4 Å². The Morgan fingerprint density at radius 2 is 2.04 bits per heavy atom. The molecular formula is C16H18FN2O7P. The van der Waals surface area contributed by atoms with E-state index in [0.29, 0.717) is 0 Å². The molecule has 11 heteroatoms. The van der Waals surface area contributed by atoms with Crippen LogP contribution in [-0.4, -0.2) is 33.2 Å². The van der Waals surface area contributed by atoms with Gasteiger partial charge in [0.15, 0.2) is 0 Å². The van der Waals surface area contributed by atoms with E-state index in [9.17, 15) is 19.3 Å². The number of hydrogen-bond donors (Lipinski definition) is 2. The zero-order chi connectivity index (χ0) is 19.6. The molecule has 1 fully saturated rings. The molecule has 146 valence electrons. The minimum absolute atomic E-state index is 0.285. The highest BCUT2D eigenvalue weighted by Gasteiger charge is 2.55. The number of alkyl halides is 1. The third kappa shape index (κ3) is 4.19. The number of aliphatic hydroxyl groups excluding tert-OH is 1. The van der Waals surface area contributed by atoms with E-state index in [1.165, 1.54) is 6.92 Å². The first-order valence-corrected chi connectivity index (χ1v) is 9.28. The number of halogens is 1. The number of hydrogen-bond acceptors (Lipinski definition) is 7. The van der Waals surface area contributed by atoms with Crippen molar-refractivity contribution in [2.45, 2.75) is 25.1 Å². The van der Waals surface area contributed by atoms with Crippen LogP contribution in [-0.2, 0) is 13.8 Å². The molecule has 0 spiro atoms. The Balaban J connectivity index is 1.69. The molecule has 2 N–H and O–H groups in total. The van der Waals surface area contributed by atoms with E-state index in [-0.39, 0.29) is 5.75 Å². The van der Waals surface area contributed by atoms with Crippen LogP contribution in [0.5, 0.6) is 5.75 Å². The summed E-state index contributed by atoms with van der Waals surface area (Å²) in [6, 6.07) is 9.26. The quantitative estimate of drug-likeness (QED) is 0.700. The minimum atomic E-state index is -3.10. The molecule has 27 heavy (non-hydrogen) atoms. The fraction of sp³-hybridized carbons (Fsp3) is 0.375. The lowest BCUT2D eigenvalue weighted by Crippen LogP contribution is -2.40. The Labute approximate surface area is 153 Å². The number of ether oxygens (including phenoxy) is 1. The predicted octanol–water partition coefficient (Wildman–Crippen LogP) is 1.21. The number of nitrogens with one attached hydrogen (secondary N) is 1. The number of aromatic nitrogens is 2. The van der Waals surface area contributed by atoms with Crippen LogP contribution >= 0.6 is 8.25 Å². The molecule has 1 saturated heterocycles. The summed E-state index contributed by atoms with van der Waals surface area (Å²) in [7, 11) is -3.10. The Morgan fingerprint density at radius 1 is 1.33 bits per heavy atom. The van der Waals surface area contributed by atoms with Gasteiger partial charge < -0.3 is 14.4 Å². The Bertz CT molecular complexity index is 934. The summed E-state index contributed by atoms with van der Waals surface area (Å²) >= 11 is 0. The molecule has 0 amide bonds. The van der Waals surface area contributed by atoms with Crippen LogP contribution in [0.25, 0.3) is 0 Å². The molecule has 0 radical (unpaired) electrons. The summed E-state index contributed by atoms with van der Waals surface area (Å²) < 4.78 is 43.0. The molecule has 1 aromatic heterocycles. The summed E-state index contributed by atoms with van der Waals surface area (Å²) in [5, 5.41) is 10.2. The van der Waals surface area contributed by atoms with Crippen LogP contribution in [0.2, 0.25) is 0 Å². The van der Waals surface area contributed by atoms with Crippen molar-refractivity contribution in [1.29, 1.82) is 0 Å². The molecule has 2 heterocycles. The van der Waals surface area contributed by atoms with E-state index in [2.05, 4.69) is 0 Å². The maximum Gasteiger partial charge on any atom is 0.368 e. The van der Waals surface area contributed by atoms with Crippen LogP contribution in [0.3, 0.4) is 0 Å². The van der Waals surface area contributed by atoms with Crippen LogP contribution in [0.1, 0.15) is 13.2 Å². The molecule has 0 bridgehead atoms. The van der Waals surface area contributed by atoms with E-state index in [1.807, 2.05) is 4.98 Å². The molecule has 3 rings (SSSR count). The largest absolute Gasteiger partial charge is 0.426 e. The second kappa shape index (κ2) is 7.77. The van der Waals surface area contributed by atoms with E-state index in [0.717, 1.165) is 16.8 Å². The van der Waals surface area contributed by atoms with Crippen molar-refractivity contribution < 1.29 is 27.8 Å². The molecule has 9 nitrogen and oxygen atoms in total. The summed E-state index contributed by atoms with van der Waals surface area (Å²) in [6.45, 7) is 0.607. The van der Waals surface area contributed by atoms with Gasteiger partial charge in [-0.3, -0.25) is 18.9 Å². The highest BCUT2D eigenvalue weighted by molar-refractivity contribution is 7.33. The van der Waals surface area contributed by atoms with E-state index in [1.54, 1.807) is 30.3 Å². The first kappa shape index (κ1) is 19.5. The zero-order valence-electron chi connectivity index (χ0n) is 14.2. The van der Waals surface area contributed by atoms with Gasteiger partial charge in [0.05, 0.1) is 0 Å². The third-order valence-electron chi connectivity index (χ3n) is 4.16. The van der Waals surface area contributed by atoms with Gasteiger partial charge in [-0.05, 0) is 12.1 Å². The predicted molar refractivity (Wildman–Crippen MR) is 92.5 cm³/mol. The van der Waals surface area contributed by atoms with Crippen molar-refractivity contribution >= 4 is 8.25 Å². The molecule has 1 unspecified atom stereocenters. The van der Waals surface area contributed by atoms with Gasteiger partial charge >= 0.3 is 13.9 Å². The minimum Gasteiger partial charge on any atom is -0.426 e. The SMILES string of the molecule is C[C@@H]1[C@H](n2ccc(=O)[nH]c2=O)O[C@](F)(CO[PH](=O)Oc2ccccc2)[C@H]1O. The Hall–Kier alpha value is -2.26. The maximum absolute atomic E-state index is 15.0. The number of nitrogens with zero attached hydrogens (tertiary/aromatic N) is 1. The maximum atomic E-state index is 15.0. The third-order valence-corrected chi connectivity index (χ3v) is 4.95. The van der Waals surface area contributed by atoms with Crippen molar-refractivity contribution in [3.05, 3.63) is 63.4 Å². The second-order valence-electron chi connectivity index (χ2n) is 6.07. The highest BCUT2D eigenvalue weighted by Crippen LogP contribution is 2.43. The summed E-state index contributed by atoms with van der Waals surface area (Å²) in [5.74, 6) is -3.27. The fourth-order valence-corrected chi connectivity index (χ4v) is 3.46. The molecule has 1 aliphatic heterocycles. The van der Waals surface area contributed by atoms with Crippen molar-refractivity contribution in [2.75, 3.05) is 6.61 Å². The molecule has 0 saturated carbocycles. The average molecular weight is 400 g/mol. The smallest absolute Gasteiger partial charge is 0.368 e. The number of aliphatic hydroxyl groups is 1. The number of aromatic amines is 1. The van der Waals surface area contributed by atoms with Crippen molar-refractivity contribution in [2.24, 2.45) is 5.92 Å². The van der Waals surface area contributed by atoms with Gasteiger partial charge in [-0.1, -0.05) is 25.1 Å². The lowest BCUT2D eigenvalue weighted by Gasteiger charge is -2.23. The van der Waals surface area contributed by atoms with Gasteiger partial charge in [0.1, 0.15) is 24.7 Å². The summed E-state index contributed by atoms with van der Waals surface area (Å²) in [5.41, 5.74) is -1.42. The monoisotopic (exact) mass is 400 g/mol. The van der Waals surface area contributed by atoms with Gasteiger partial charge in [-0.25, -0.2) is 13.8 Å². The second-order valence-corrected chi connectivity index (χ2v) is 7.06. The van der Waals surface area contributed by atoms with E-state index >= 15 is 4.39 Å². The Kier molecular flexibility index (Phi) is 5.61. The number of benzene rings is 1. The molecule has 1 aliphatic rings. The van der Waals surface area contributed by atoms with Crippen LogP contribution in [0.4, 0.5) is 4.39 Å². The van der Waals surface area contributed by atoms with Crippen LogP contribution in [0, 0.1) is 5.92 Å². The molecule has 1 aromatic carbocycles. The highest BCUT2D eigenvalue weighted by atomic mass is 31.1. The molecule has 2 aromatic rings. The van der Waals surface area contributed by atoms with Gasteiger partial charge in [-0.2, -0.15) is 0 Å². The van der Waals surface area contributed by atoms with Crippen molar-refractivity contribution in [1.82, 2.24) is 9.55 Å². The first-order chi connectivity index (χ1) is 12.8. The standard InChI is InChI=1S/C16H18FN2O7P/c1-10-13(21)16(17,9-24-27(23)26-11-5-3-2-4-6-11)25-14(10)19-8-7-12(20)18-15(19)22/h2-8,10,13-14,21,27H,9H2,1H3,(H,18,20,22)/t10-,13-,14+,16+/m0/s1. The van der Waals surface area contributed by atoms with Crippen molar-refractivity contribution in [3.8, 4) is 5.75 Å². The Morgan fingerprint density at radius 3 is 2.70 bits per heavy atom. The van der Waals surface area contributed by atoms with Crippen LogP contribution in [0.15, 0.2) is 52.2 Å². The fourth-order valence-electron chi connectivity index (χ4n) is 2.76. The molecule has 0 aliphatic carbocycles. The topological polar surface area (TPSA) is 120 Å². The van der Waals surface area contributed by atoms with Crippen molar-refractivity contribution in [3.63, 3.8) is 0 Å². The van der Waals surface area contributed by atoms with Gasteiger partial charge in [0.2, 0.25) is 0 Å². The number of H-pyrrole nitrogens is 1. The van der Waals surface area contributed by atoms with Gasteiger partial charge in [0, 0.05) is 18.2 Å². The van der Waals surface area contributed by atoms with E-state index in [4.69, 9.17) is 13.8 Å². The number of para-hydroxylation sites is 1. The van der Waals surface area contributed by atoms with Gasteiger partial charge in [-0.15, -0.1) is 0 Å². The summed E-state index contributed by atoms with van der Waals surface area (Å²) in [4.78, 5) is 25.1. The van der Waals surface area contributed by atoms with Crippen LogP contribution < -0.4 is 15.8 Å². The van der Waals surface area contributed by atoms with E-state index < -0.39 is 50.2 Å². The first-order valence-electron chi connectivity index (χ1n) is 8.06. The number of rotatable bonds is 6. The zero-order valence-corrected chi connectivity index (χ0v) is 15.2. The summed E-state index contributed by atoms with van der Waals surface area (Å²) in [6.07, 6.45) is -1.70. The average Bonchev–Trinajstić information content (AvgIpc) is 2.86. The molecule has 5 atom stereocenters. The lowest BCUT2D eigenvalue weighted by atomic mass is 10.0. The molecular weight excluding hydrogens is 382 g/mol.